The molecule has 1 heterocycles. The van der Waals surface area contributed by atoms with Gasteiger partial charge in [0.15, 0.2) is 0 Å². The number of hydrogen-bond acceptors (Lipinski definition) is 5. The maximum absolute atomic E-state index is 10.2. The van der Waals surface area contributed by atoms with Crippen molar-refractivity contribution in [3.05, 3.63) is 27.4 Å². The van der Waals surface area contributed by atoms with E-state index in [1.807, 2.05) is 0 Å². The molecule has 0 saturated carbocycles. The SMILES string of the molecule is O=C(O)/C=C/c1ncc([N+](=O)[O-])s1. The molecular weight excluding hydrogens is 196 g/mol. The Morgan fingerprint density at radius 2 is 2.46 bits per heavy atom. The standard InChI is InChI=1S/C6H4N2O4S/c9-6(10)2-1-4-7-3-5(13-4)8(11)12/h1-3H,(H,9,10)/b2-1+. The predicted molar refractivity (Wildman–Crippen MR) is 45.4 cm³/mol. The fourth-order valence-electron chi connectivity index (χ4n) is 0.583. The molecule has 0 aromatic carbocycles. The molecule has 13 heavy (non-hydrogen) atoms. The number of aromatic nitrogens is 1. The van der Waals surface area contributed by atoms with Gasteiger partial charge in [0.25, 0.3) is 0 Å². The molecular formula is C6H4N2O4S. The van der Waals surface area contributed by atoms with Gasteiger partial charge in [-0.15, -0.1) is 0 Å². The molecule has 68 valence electrons. The summed E-state index contributed by atoms with van der Waals surface area (Å²) in [6.45, 7) is 0. The Morgan fingerprint density at radius 3 is 2.92 bits per heavy atom. The first-order chi connectivity index (χ1) is 6.09. The molecule has 0 amide bonds. The number of carbonyl (C=O) groups is 1. The van der Waals surface area contributed by atoms with E-state index in [-0.39, 0.29) is 5.00 Å². The highest BCUT2D eigenvalue weighted by molar-refractivity contribution is 7.15. The van der Waals surface area contributed by atoms with Crippen molar-refractivity contribution in [3.8, 4) is 0 Å². The minimum Gasteiger partial charge on any atom is -0.478 e. The lowest BCUT2D eigenvalue weighted by Crippen LogP contribution is -1.84. The molecule has 0 spiro atoms. The molecule has 6 nitrogen and oxygen atoms in total. The van der Waals surface area contributed by atoms with Crippen LogP contribution < -0.4 is 0 Å². The van der Waals surface area contributed by atoms with Crippen molar-refractivity contribution in [1.82, 2.24) is 4.98 Å². The van der Waals surface area contributed by atoms with Crippen LogP contribution in [0.2, 0.25) is 0 Å². The second-order valence-corrected chi connectivity index (χ2v) is 3.01. The molecule has 1 aromatic heterocycles. The highest BCUT2D eigenvalue weighted by Crippen LogP contribution is 2.21. The lowest BCUT2D eigenvalue weighted by atomic mass is 10.5. The third kappa shape index (κ3) is 2.64. The summed E-state index contributed by atoms with van der Waals surface area (Å²) in [7, 11) is 0. The summed E-state index contributed by atoms with van der Waals surface area (Å²) in [5, 5.41) is 18.6. The van der Waals surface area contributed by atoms with Crippen LogP contribution in [0.4, 0.5) is 5.00 Å². The van der Waals surface area contributed by atoms with E-state index in [1.165, 1.54) is 6.08 Å². The summed E-state index contributed by atoms with van der Waals surface area (Å²) >= 11 is 0.823. The van der Waals surface area contributed by atoms with Crippen molar-refractivity contribution in [2.24, 2.45) is 0 Å². The molecule has 0 atom stereocenters. The van der Waals surface area contributed by atoms with Crippen molar-refractivity contribution < 1.29 is 14.8 Å². The van der Waals surface area contributed by atoms with Crippen molar-refractivity contribution in [1.29, 1.82) is 0 Å². The highest BCUT2D eigenvalue weighted by atomic mass is 32.1. The van der Waals surface area contributed by atoms with Gasteiger partial charge >= 0.3 is 11.0 Å². The topological polar surface area (TPSA) is 93.3 Å². The largest absolute Gasteiger partial charge is 0.478 e. The summed E-state index contributed by atoms with van der Waals surface area (Å²) < 4.78 is 0. The predicted octanol–water partition coefficient (Wildman–Crippen LogP) is 1.15. The fraction of sp³-hybridized carbons (Fsp3) is 0. The summed E-state index contributed by atoms with van der Waals surface area (Å²) in [6.07, 6.45) is 3.18. The zero-order valence-corrected chi connectivity index (χ0v) is 7.02. The van der Waals surface area contributed by atoms with Crippen LogP contribution in [0.3, 0.4) is 0 Å². The van der Waals surface area contributed by atoms with Gasteiger partial charge in [0.1, 0.15) is 11.2 Å². The lowest BCUT2D eigenvalue weighted by Gasteiger charge is -1.79. The average Bonchev–Trinajstić information content (AvgIpc) is 2.48. The summed E-state index contributed by atoms with van der Waals surface area (Å²) in [4.78, 5) is 23.3. The fourth-order valence-corrected chi connectivity index (χ4v) is 1.22. The van der Waals surface area contributed by atoms with E-state index in [4.69, 9.17) is 5.11 Å². The van der Waals surface area contributed by atoms with Gasteiger partial charge in [-0.3, -0.25) is 10.1 Å². The van der Waals surface area contributed by atoms with Crippen molar-refractivity contribution >= 4 is 28.4 Å². The number of nitro groups is 1. The van der Waals surface area contributed by atoms with Gasteiger partial charge in [0.2, 0.25) is 0 Å². The molecule has 0 aliphatic heterocycles. The maximum Gasteiger partial charge on any atom is 0.344 e. The van der Waals surface area contributed by atoms with Crippen molar-refractivity contribution in [3.63, 3.8) is 0 Å². The van der Waals surface area contributed by atoms with Gasteiger partial charge in [0, 0.05) is 6.08 Å². The van der Waals surface area contributed by atoms with Crippen LogP contribution in [0.5, 0.6) is 0 Å². The number of aliphatic carboxylic acids is 1. The molecule has 1 N–H and O–H groups in total. The summed E-state index contributed by atoms with van der Waals surface area (Å²) in [5.41, 5.74) is 0. The van der Waals surface area contributed by atoms with E-state index >= 15 is 0 Å². The van der Waals surface area contributed by atoms with Gasteiger partial charge in [-0.25, -0.2) is 9.78 Å². The van der Waals surface area contributed by atoms with E-state index in [9.17, 15) is 14.9 Å². The maximum atomic E-state index is 10.2. The number of nitrogens with zero attached hydrogens (tertiary/aromatic N) is 2. The van der Waals surface area contributed by atoms with Gasteiger partial charge in [0.05, 0.1) is 4.92 Å². The zero-order chi connectivity index (χ0) is 9.84. The molecule has 0 radical (unpaired) electrons. The van der Waals surface area contributed by atoms with E-state index in [1.54, 1.807) is 0 Å². The van der Waals surface area contributed by atoms with E-state index in [0.29, 0.717) is 5.01 Å². The third-order valence-corrected chi connectivity index (χ3v) is 1.97. The van der Waals surface area contributed by atoms with Gasteiger partial charge in [-0.2, -0.15) is 0 Å². The van der Waals surface area contributed by atoms with Crippen LogP contribution >= 0.6 is 11.3 Å². The summed E-state index contributed by atoms with van der Waals surface area (Å²) in [6, 6.07) is 0. The smallest absolute Gasteiger partial charge is 0.344 e. The minimum atomic E-state index is -1.11. The second-order valence-electron chi connectivity index (χ2n) is 1.97. The molecule has 0 saturated heterocycles. The first-order valence-electron chi connectivity index (χ1n) is 3.11. The highest BCUT2D eigenvalue weighted by Gasteiger charge is 2.09. The average molecular weight is 200 g/mol. The van der Waals surface area contributed by atoms with Crippen LogP contribution in [0, 0.1) is 10.1 Å². The monoisotopic (exact) mass is 200 g/mol. The molecule has 0 aliphatic rings. The zero-order valence-electron chi connectivity index (χ0n) is 6.21. The van der Waals surface area contributed by atoms with E-state index in [0.717, 1.165) is 23.6 Å². The Balaban J connectivity index is 2.80. The van der Waals surface area contributed by atoms with Crippen LogP contribution in [0.15, 0.2) is 12.3 Å². The second kappa shape index (κ2) is 3.76. The Morgan fingerprint density at radius 1 is 1.77 bits per heavy atom. The molecule has 0 aliphatic carbocycles. The minimum absolute atomic E-state index is 0.106. The molecule has 0 fully saturated rings. The molecule has 0 bridgehead atoms. The van der Waals surface area contributed by atoms with Crippen molar-refractivity contribution in [2.75, 3.05) is 0 Å². The molecule has 1 aromatic rings. The number of rotatable bonds is 3. The van der Waals surface area contributed by atoms with Crippen LogP contribution in [0.1, 0.15) is 5.01 Å². The lowest BCUT2D eigenvalue weighted by molar-refractivity contribution is -0.380. The number of hydrogen-bond donors (Lipinski definition) is 1. The number of carboxylic acid groups (broad SMARTS) is 1. The molecule has 7 heteroatoms. The Bertz CT molecular complexity index is 370. The quantitative estimate of drug-likeness (QED) is 0.448. The van der Waals surface area contributed by atoms with Gasteiger partial charge < -0.3 is 5.11 Å². The van der Waals surface area contributed by atoms with E-state index in [2.05, 4.69) is 4.98 Å². The van der Waals surface area contributed by atoms with Crippen LogP contribution in [0.25, 0.3) is 6.08 Å². The first kappa shape index (κ1) is 9.33. The molecule has 0 unspecified atom stereocenters. The Kier molecular flexibility index (Phi) is 2.70. The summed E-state index contributed by atoms with van der Waals surface area (Å²) in [5.74, 6) is -1.11. The van der Waals surface area contributed by atoms with Gasteiger partial charge in [-0.1, -0.05) is 0 Å². The van der Waals surface area contributed by atoms with E-state index < -0.39 is 10.9 Å². The van der Waals surface area contributed by atoms with Crippen LogP contribution in [-0.4, -0.2) is 21.0 Å². The third-order valence-electron chi connectivity index (χ3n) is 1.06. The normalized spacial score (nSPS) is 10.5. The number of thiazole rings is 1. The first-order valence-corrected chi connectivity index (χ1v) is 3.92. The van der Waals surface area contributed by atoms with Crippen LogP contribution in [-0.2, 0) is 4.79 Å². The van der Waals surface area contributed by atoms with Gasteiger partial charge in [-0.05, 0) is 17.4 Å². The Hall–Kier alpha value is -1.76. The molecule has 1 rings (SSSR count). The number of carboxylic acids is 1. The van der Waals surface area contributed by atoms with Crippen molar-refractivity contribution in [2.45, 2.75) is 0 Å². The Labute approximate surface area is 76.3 Å².